The molecule has 0 saturated carbocycles. The Labute approximate surface area is 154 Å². The topological polar surface area (TPSA) is 96.2 Å². The number of primary amides is 1. The molecule has 1 amide bonds. The summed E-state index contributed by atoms with van der Waals surface area (Å²) in [7, 11) is 0. The number of Topliss-reactive ketones (excluding diaryl/α,β-unsaturated/α-hetero) is 1. The van der Waals surface area contributed by atoms with Crippen molar-refractivity contribution in [3.8, 4) is 0 Å². The average Bonchev–Trinajstić information content (AvgIpc) is 2.59. The first kappa shape index (κ1) is 24.0. The molecule has 0 rings (SSSR count). The molecule has 2 atom stereocenters. The quantitative estimate of drug-likeness (QED) is 0.281. The van der Waals surface area contributed by atoms with E-state index in [4.69, 9.17) is 5.73 Å². The van der Waals surface area contributed by atoms with Gasteiger partial charge in [0.15, 0.2) is 0 Å². The lowest BCUT2D eigenvalue weighted by atomic mass is 9.99. The molecule has 0 saturated heterocycles. The highest BCUT2D eigenvalue weighted by molar-refractivity contribution is 5.83. The first-order valence-electron chi connectivity index (χ1n) is 10.1. The molecule has 0 radical (unpaired) electrons. The van der Waals surface area contributed by atoms with Crippen LogP contribution in [0.25, 0.3) is 0 Å². The highest BCUT2D eigenvalue weighted by atomic mass is 16.1. The Hall–Kier alpha value is -0.980. The standard InChI is InChI=1S/C19H40N4O2/c1-4-21-15-11-10-12-16(22-5-2)18(24)14-9-7-8-13-17(19(20)25)23-6-3/h16-17,21-23H,4-15H2,1-3H3,(H2,20,25). The van der Waals surface area contributed by atoms with E-state index >= 15 is 0 Å². The molecule has 0 bridgehead atoms. The van der Waals surface area contributed by atoms with E-state index in [0.29, 0.717) is 12.2 Å². The van der Waals surface area contributed by atoms with Crippen molar-refractivity contribution in [1.82, 2.24) is 16.0 Å². The normalized spacial score (nSPS) is 13.6. The van der Waals surface area contributed by atoms with Gasteiger partial charge >= 0.3 is 0 Å². The van der Waals surface area contributed by atoms with Gasteiger partial charge in [-0.05, 0) is 51.9 Å². The van der Waals surface area contributed by atoms with E-state index in [-0.39, 0.29) is 18.0 Å². The molecule has 0 aliphatic carbocycles. The van der Waals surface area contributed by atoms with Crippen molar-refractivity contribution < 1.29 is 9.59 Å². The summed E-state index contributed by atoms with van der Waals surface area (Å²) in [5.41, 5.74) is 5.37. The molecule has 25 heavy (non-hydrogen) atoms. The summed E-state index contributed by atoms with van der Waals surface area (Å²) in [5, 5.41) is 9.73. The zero-order valence-electron chi connectivity index (χ0n) is 16.5. The molecule has 6 nitrogen and oxygen atoms in total. The van der Waals surface area contributed by atoms with Crippen molar-refractivity contribution in [3.05, 3.63) is 0 Å². The van der Waals surface area contributed by atoms with Gasteiger partial charge < -0.3 is 21.7 Å². The van der Waals surface area contributed by atoms with E-state index < -0.39 is 0 Å². The predicted octanol–water partition coefficient (Wildman–Crippen LogP) is 1.73. The van der Waals surface area contributed by atoms with Crippen LogP contribution in [0.2, 0.25) is 0 Å². The van der Waals surface area contributed by atoms with Crippen LogP contribution in [0.3, 0.4) is 0 Å². The van der Waals surface area contributed by atoms with Gasteiger partial charge in [-0.1, -0.05) is 40.0 Å². The van der Waals surface area contributed by atoms with Gasteiger partial charge in [-0.2, -0.15) is 0 Å². The largest absolute Gasteiger partial charge is 0.368 e. The summed E-state index contributed by atoms with van der Waals surface area (Å²) in [6.45, 7) is 9.71. The molecular weight excluding hydrogens is 316 g/mol. The number of hydrogen-bond acceptors (Lipinski definition) is 5. The molecule has 0 spiro atoms. The van der Waals surface area contributed by atoms with E-state index in [0.717, 1.165) is 71.1 Å². The SMILES string of the molecule is CCNCCCCC(NCC)C(=O)CCCCCC(NCC)C(N)=O. The number of ketones is 1. The van der Waals surface area contributed by atoms with E-state index in [1.165, 1.54) is 0 Å². The van der Waals surface area contributed by atoms with Crippen molar-refractivity contribution in [2.24, 2.45) is 5.73 Å². The van der Waals surface area contributed by atoms with Crippen LogP contribution in [0, 0.1) is 0 Å². The summed E-state index contributed by atoms with van der Waals surface area (Å²) in [5.74, 6) is 0.0335. The molecule has 0 aromatic rings. The number of nitrogens with two attached hydrogens (primary N) is 1. The van der Waals surface area contributed by atoms with E-state index in [2.05, 4.69) is 22.9 Å². The molecule has 6 heteroatoms. The number of likely N-dealkylation sites (N-methyl/N-ethyl adjacent to an activating group) is 2. The third-order valence-electron chi connectivity index (χ3n) is 4.40. The number of nitrogens with one attached hydrogen (secondary N) is 3. The molecule has 148 valence electrons. The maximum Gasteiger partial charge on any atom is 0.234 e. The Morgan fingerprint density at radius 1 is 0.800 bits per heavy atom. The minimum absolute atomic E-state index is 0.00764. The summed E-state index contributed by atoms with van der Waals surface area (Å²) in [6, 6.07) is -0.251. The fourth-order valence-electron chi connectivity index (χ4n) is 2.99. The van der Waals surface area contributed by atoms with Crippen molar-refractivity contribution in [2.75, 3.05) is 26.2 Å². The van der Waals surface area contributed by atoms with E-state index in [9.17, 15) is 9.59 Å². The van der Waals surface area contributed by atoms with Crippen LogP contribution >= 0.6 is 0 Å². The highest BCUT2D eigenvalue weighted by Gasteiger charge is 2.17. The number of amides is 1. The Balaban J connectivity index is 3.95. The van der Waals surface area contributed by atoms with Crippen LogP contribution in [0.15, 0.2) is 0 Å². The molecule has 0 aromatic carbocycles. The summed E-state index contributed by atoms with van der Waals surface area (Å²) in [4.78, 5) is 23.7. The zero-order valence-corrected chi connectivity index (χ0v) is 16.5. The fraction of sp³-hybridized carbons (Fsp3) is 0.895. The van der Waals surface area contributed by atoms with Gasteiger partial charge in [0.25, 0.3) is 0 Å². The Morgan fingerprint density at radius 3 is 2.00 bits per heavy atom. The number of carbonyl (C=O) groups excluding carboxylic acids is 2. The number of carbonyl (C=O) groups is 2. The van der Waals surface area contributed by atoms with Gasteiger partial charge in [0.2, 0.25) is 5.91 Å². The molecule has 5 N–H and O–H groups in total. The number of rotatable bonds is 18. The van der Waals surface area contributed by atoms with Gasteiger partial charge in [-0.15, -0.1) is 0 Å². The molecule has 0 heterocycles. The number of unbranched alkanes of at least 4 members (excludes halogenated alkanes) is 3. The third kappa shape index (κ3) is 13.0. The molecular formula is C19H40N4O2. The van der Waals surface area contributed by atoms with Crippen molar-refractivity contribution >= 4 is 11.7 Å². The van der Waals surface area contributed by atoms with Crippen LogP contribution < -0.4 is 21.7 Å². The lowest BCUT2D eigenvalue weighted by Gasteiger charge is -2.17. The van der Waals surface area contributed by atoms with Crippen LogP contribution in [0.4, 0.5) is 0 Å². The van der Waals surface area contributed by atoms with Crippen molar-refractivity contribution in [1.29, 1.82) is 0 Å². The lowest BCUT2D eigenvalue weighted by molar-refractivity contribution is -0.122. The molecule has 0 aliphatic rings. The van der Waals surface area contributed by atoms with Gasteiger partial charge in [0.05, 0.1) is 12.1 Å². The van der Waals surface area contributed by atoms with Gasteiger partial charge in [-0.25, -0.2) is 0 Å². The molecule has 2 unspecified atom stereocenters. The smallest absolute Gasteiger partial charge is 0.234 e. The monoisotopic (exact) mass is 356 g/mol. The number of hydrogen-bond donors (Lipinski definition) is 4. The molecule has 0 aromatic heterocycles. The van der Waals surface area contributed by atoms with Crippen LogP contribution in [-0.2, 0) is 9.59 Å². The maximum atomic E-state index is 12.4. The van der Waals surface area contributed by atoms with Gasteiger partial charge in [0.1, 0.15) is 5.78 Å². The van der Waals surface area contributed by atoms with E-state index in [1.54, 1.807) is 0 Å². The average molecular weight is 357 g/mol. The molecule has 0 fully saturated rings. The first-order chi connectivity index (χ1) is 12.1. The van der Waals surface area contributed by atoms with Crippen LogP contribution in [0.1, 0.15) is 72.1 Å². The van der Waals surface area contributed by atoms with E-state index in [1.807, 2.05) is 13.8 Å². The second kappa shape index (κ2) is 16.5. The predicted molar refractivity (Wildman–Crippen MR) is 105 cm³/mol. The van der Waals surface area contributed by atoms with Gasteiger partial charge in [-0.3, -0.25) is 9.59 Å². The first-order valence-corrected chi connectivity index (χ1v) is 10.1. The second-order valence-electron chi connectivity index (χ2n) is 6.54. The Morgan fingerprint density at radius 2 is 1.40 bits per heavy atom. The summed E-state index contributed by atoms with van der Waals surface area (Å²) < 4.78 is 0. The van der Waals surface area contributed by atoms with Crippen LogP contribution in [0.5, 0.6) is 0 Å². The lowest BCUT2D eigenvalue weighted by Crippen LogP contribution is -2.41. The van der Waals surface area contributed by atoms with Crippen molar-refractivity contribution in [2.45, 2.75) is 84.2 Å². The Bertz CT molecular complexity index is 350. The third-order valence-corrected chi connectivity index (χ3v) is 4.40. The maximum absolute atomic E-state index is 12.4. The van der Waals surface area contributed by atoms with Crippen molar-refractivity contribution in [3.63, 3.8) is 0 Å². The zero-order chi connectivity index (χ0) is 18.9. The molecule has 0 aliphatic heterocycles. The fourth-order valence-corrected chi connectivity index (χ4v) is 2.99. The summed E-state index contributed by atoms with van der Waals surface area (Å²) in [6.07, 6.45) is 7.23. The summed E-state index contributed by atoms with van der Waals surface area (Å²) >= 11 is 0. The second-order valence-corrected chi connectivity index (χ2v) is 6.54. The Kier molecular flexibility index (Phi) is 15.8. The minimum Gasteiger partial charge on any atom is -0.368 e. The van der Waals surface area contributed by atoms with Crippen LogP contribution in [-0.4, -0.2) is 50.0 Å². The highest BCUT2D eigenvalue weighted by Crippen LogP contribution is 2.10. The minimum atomic E-state index is -0.289. The van der Waals surface area contributed by atoms with Gasteiger partial charge in [0, 0.05) is 6.42 Å².